The lowest BCUT2D eigenvalue weighted by Gasteiger charge is -2.00. The molecule has 1 rings (SSSR count). The fourth-order valence-corrected chi connectivity index (χ4v) is 1.00. The normalized spacial score (nSPS) is 12.5. The Labute approximate surface area is 85.1 Å². The molecule has 1 aromatic rings. The van der Waals surface area contributed by atoms with Crippen LogP contribution in [0.1, 0.15) is 13.8 Å². The van der Waals surface area contributed by atoms with E-state index in [-0.39, 0.29) is 11.7 Å². The van der Waals surface area contributed by atoms with Gasteiger partial charge in [0, 0.05) is 13.1 Å². The van der Waals surface area contributed by atoms with Crippen molar-refractivity contribution in [2.24, 2.45) is 12.0 Å². The van der Waals surface area contributed by atoms with Gasteiger partial charge in [0.25, 0.3) is 0 Å². The highest BCUT2D eigenvalue weighted by Crippen LogP contribution is 1.81. The average molecular weight is 217 g/mol. The number of hydrogen-bond donors (Lipinski definition) is 1. The van der Waals surface area contributed by atoms with Gasteiger partial charge in [-0.05, 0) is 13.8 Å². The van der Waals surface area contributed by atoms with Gasteiger partial charge in [-0.3, -0.25) is 0 Å². The summed E-state index contributed by atoms with van der Waals surface area (Å²) in [5, 5.41) is 0. The van der Waals surface area contributed by atoms with Gasteiger partial charge in [0.1, 0.15) is 0 Å². The maximum absolute atomic E-state index is 11.3. The predicted molar refractivity (Wildman–Crippen MR) is 53.3 cm³/mol. The van der Waals surface area contributed by atoms with Crippen LogP contribution in [0.25, 0.3) is 0 Å². The summed E-state index contributed by atoms with van der Waals surface area (Å²) in [5.74, 6) is -0.837. The second-order valence-corrected chi connectivity index (χ2v) is 3.43. The zero-order valence-electron chi connectivity index (χ0n) is 8.09. The summed E-state index contributed by atoms with van der Waals surface area (Å²) in [6, 6.07) is -0.0560. The van der Waals surface area contributed by atoms with E-state index in [1.807, 2.05) is 13.8 Å². The summed E-state index contributed by atoms with van der Waals surface area (Å²) in [4.78, 5) is 26.3. The maximum Gasteiger partial charge on any atom is 0.436 e. The SMILES string of the molecule is CC(C)/N=c1\oc(=O)n(S)c(=O)n1C. The molecule has 0 aliphatic heterocycles. The molecule has 0 aliphatic carbocycles. The third-order valence-corrected chi connectivity index (χ3v) is 1.81. The third kappa shape index (κ3) is 1.98. The van der Waals surface area contributed by atoms with Gasteiger partial charge in [-0.25, -0.2) is 19.1 Å². The van der Waals surface area contributed by atoms with Crippen molar-refractivity contribution in [3.63, 3.8) is 0 Å². The summed E-state index contributed by atoms with van der Waals surface area (Å²) in [6.07, 6.45) is 0. The Bertz CT molecular complexity index is 508. The van der Waals surface area contributed by atoms with Gasteiger partial charge in [-0.15, -0.1) is 0 Å². The highest BCUT2D eigenvalue weighted by molar-refractivity contribution is 7.78. The van der Waals surface area contributed by atoms with Crippen LogP contribution in [0.2, 0.25) is 0 Å². The Kier molecular flexibility index (Phi) is 3.00. The zero-order valence-corrected chi connectivity index (χ0v) is 8.99. The maximum atomic E-state index is 11.3. The summed E-state index contributed by atoms with van der Waals surface area (Å²) >= 11 is 3.65. The minimum Gasteiger partial charge on any atom is -0.374 e. The molecule has 6 nitrogen and oxygen atoms in total. The summed E-state index contributed by atoms with van der Waals surface area (Å²) in [5.41, 5.74) is -0.579. The molecular formula is C7H11N3O3S. The smallest absolute Gasteiger partial charge is 0.374 e. The van der Waals surface area contributed by atoms with E-state index in [1.165, 1.54) is 7.05 Å². The lowest BCUT2D eigenvalue weighted by molar-refractivity contribution is 0.354. The molecule has 0 aliphatic rings. The first kappa shape index (κ1) is 10.8. The van der Waals surface area contributed by atoms with Crippen LogP contribution in [0.4, 0.5) is 0 Å². The number of hydrogen-bond acceptors (Lipinski definition) is 5. The van der Waals surface area contributed by atoms with E-state index in [9.17, 15) is 9.59 Å². The highest BCUT2D eigenvalue weighted by Gasteiger charge is 2.04. The lowest BCUT2D eigenvalue weighted by atomic mass is 10.4. The fourth-order valence-electron chi connectivity index (χ4n) is 0.826. The molecule has 0 spiro atoms. The van der Waals surface area contributed by atoms with Crippen LogP contribution in [-0.2, 0) is 7.05 Å². The molecule has 0 aromatic carbocycles. The quantitative estimate of drug-likeness (QED) is 0.622. The first-order valence-corrected chi connectivity index (χ1v) is 4.39. The number of thiol groups is 1. The van der Waals surface area contributed by atoms with Crippen LogP contribution in [0, 0.1) is 0 Å². The lowest BCUT2D eigenvalue weighted by Crippen LogP contribution is -2.42. The van der Waals surface area contributed by atoms with E-state index < -0.39 is 11.4 Å². The Morgan fingerprint density at radius 1 is 1.43 bits per heavy atom. The van der Waals surface area contributed by atoms with Crippen molar-refractivity contribution in [1.82, 2.24) is 8.54 Å². The summed E-state index contributed by atoms with van der Waals surface area (Å²) in [6.45, 7) is 3.62. The van der Waals surface area contributed by atoms with Gasteiger partial charge in [0.2, 0.25) is 0 Å². The molecular weight excluding hydrogens is 206 g/mol. The van der Waals surface area contributed by atoms with Crippen LogP contribution < -0.4 is 17.1 Å². The molecule has 0 N–H and O–H groups in total. The number of rotatable bonds is 1. The Morgan fingerprint density at radius 3 is 2.50 bits per heavy atom. The minimum atomic E-state index is -0.837. The van der Waals surface area contributed by atoms with E-state index in [4.69, 9.17) is 4.42 Å². The minimum absolute atomic E-state index is 0.000278. The molecule has 1 heterocycles. The van der Waals surface area contributed by atoms with E-state index in [0.717, 1.165) is 4.57 Å². The van der Waals surface area contributed by atoms with Crippen LogP contribution in [0.3, 0.4) is 0 Å². The molecule has 0 radical (unpaired) electrons. The van der Waals surface area contributed by atoms with Crippen LogP contribution >= 0.6 is 12.8 Å². The predicted octanol–water partition coefficient (Wildman–Crippen LogP) is -0.858. The molecule has 78 valence electrons. The topological polar surface area (TPSA) is 69.5 Å². The van der Waals surface area contributed by atoms with Gasteiger partial charge in [0.05, 0.1) is 0 Å². The molecule has 0 saturated carbocycles. The van der Waals surface area contributed by atoms with Crippen molar-refractivity contribution < 1.29 is 4.42 Å². The molecule has 0 unspecified atom stereocenters. The molecule has 0 fully saturated rings. The third-order valence-electron chi connectivity index (χ3n) is 1.48. The average Bonchev–Trinajstić information content (AvgIpc) is 2.10. The fraction of sp³-hybridized carbons (Fsp3) is 0.571. The van der Waals surface area contributed by atoms with Gasteiger partial charge >= 0.3 is 17.1 Å². The summed E-state index contributed by atoms with van der Waals surface area (Å²) < 4.78 is 6.46. The molecule has 14 heavy (non-hydrogen) atoms. The van der Waals surface area contributed by atoms with E-state index in [2.05, 4.69) is 17.8 Å². The van der Waals surface area contributed by atoms with E-state index in [0.29, 0.717) is 3.97 Å². The Balaban J connectivity index is 3.66. The van der Waals surface area contributed by atoms with E-state index >= 15 is 0 Å². The van der Waals surface area contributed by atoms with Gasteiger partial charge < -0.3 is 4.42 Å². The second kappa shape index (κ2) is 3.87. The monoisotopic (exact) mass is 217 g/mol. The van der Waals surface area contributed by atoms with Crippen molar-refractivity contribution in [2.75, 3.05) is 0 Å². The first-order valence-electron chi connectivity index (χ1n) is 3.99. The molecule has 0 bridgehead atoms. The Morgan fingerprint density at radius 2 is 2.00 bits per heavy atom. The van der Waals surface area contributed by atoms with Gasteiger partial charge in [-0.1, -0.05) is 12.8 Å². The van der Waals surface area contributed by atoms with Gasteiger partial charge in [-0.2, -0.15) is 3.97 Å². The zero-order chi connectivity index (χ0) is 10.9. The number of aromatic nitrogens is 2. The number of nitrogens with zero attached hydrogens (tertiary/aromatic N) is 3. The van der Waals surface area contributed by atoms with Crippen molar-refractivity contribution in [2.45, 2.75) is 19.9 Å². The van der Waals surface area contributed by atoms with Crippen molar-refractivity contribution in [1.29, 1.82) is 0 Å². The van der Waals surface area contributed by atoms with Crippen molar-refractivity contribution in [3.8, 4) is 0 Å². The van der Waals surface area contributed by atoms with E-state index in [1.54, 1.807) is 0 Å². The summed E-state index contributed by atoms with van der Waals surface area (Å²) in [7, 11) is 1.46. The molecule has 7 heteroatoms. The second-order valence-electron chi connectivity index (χ2n) is 3.03. The van der Waals surface area contributed by atoms with Crippen molar-refractivity contribution >= 4 is 12.8 Å². The first-order chi connectivity index (χ1) is 6.43. The highest BCUT2D eigenvalue weighted by atomic mass is 32.1. The molecule has 1 aromatic heterocycles. The van der Waals surface area contributed by atoms with Crippen LogP contribution in [-0.4, -0.2) is 14.6 Å². The standard InChI is InChI=1S/C7H11N3O3S/c1-4(2)8-5-9(3)6(11)10(14)7(12)13-5/h4,14H,1-3H3/b8-5-. The van der Waals surface area contributed by atoms with Crippen LogP contribution in [0.15, 0.2) is 19.0 Å². The van der Waals surface area contributed by atoms with Crippen LogP contribution in [0.5, 0.6) is 0 Å². The van der Waals surface area contributed by atoms with Gasteiger partial charge in [0.15, 0.2) is 0 Å². The largest absolute Gasteiger partial charge is 0.436 e. The molecule has 0 atom stereocenters. The molecule has 0 amide bonds. The van der Waals surface area contributed by atoms with Crippen molar-refractivity contribution in [3.05, 3.63) is 26.7 Å². The molecule has 0 saturated heterocycles. The Hall–Kier alpha value is -1.24.